The number of aromatic amines is 1. The maximum Gasteiger partial charge on any atom is 0.342 e. The van der Waals surface area contributed by atoms with Gasteiger partial charge >= 0.3 is 5.16 Å². The average Bonchev–Trinajstić information content (AvgIpc) is 3.25. The van der Waals surface area contributed by atoms with Crippen molar-refractivity contribution in [1.29, 1.82) is 0 Å². The molecule has 4 aromatic rings. The minimum atomic E-state index is -0.277. The number of rotatable bonds is 7. The number of benzene rings is 3. The Morgan fingerprint density at radius 2 is 1.91 bits per heavy atom. The number of nitrogens with one attached hydrogen (secondary N) is 2. The normalized spacial score (nSPS) is 11.1. The Balaban J connectivity index is 1.50. The number of phenols is 1. The molecule has 1 amide bonds. The van der Waals surface area contributed by atoms with Gasteiger partial charge in [-0.2, -0.15) is 9.67 Å². The van der Waals surface area contributed by atoms with Gasteiger partial charge in [-0.15, -0.1) is 5.10 Å². The van der Waals surface area contributed by atoms with E-state index in [0.29, 0.717) is 10.7 Å². The molecule has 34 heavy (non-hydrogen) atoms. The Hall–Kier alpha value is -2.45. The highest BCUT2D eigenvalue weighted by Crippen LogP contribution is 2.25. The maximum absolute atomic E-state index is 12.4. The first-order valence-electron chi connectivity index (χ1n) is 10.2. The van der Waals surface area contributed by atoms with Gasteiger partial charge in [-0.3, -0.25) is 4.79 Å². The van der Waals surface area contributed by atoms with E-state index in [2.05, 4.69) is 78.0 Å². The number of thioether (sulfide) groups is 1. The van der Waals surface area contributed by atoms with Gasteiger partial charge in [0.15, 0.2) is 0 Å². The number of hydrogen-bond donors (Lipinski definition) is 3. The van der Waals surface area contributed by atoms with Crippen LogP contribution in [-0.2, 0) is 4.79 Å². The third-order valence-electron chi connectivity index (χ3n) is 4.79. The molecular weight excluding hydrogens is 676 g/mol. The van der Waals surface area contributed by atoms with Gasteiger partial charge in [-0.25, -0.2) is 5.43 Å². The van der Waals surface area contributed by atoms with Crippen LogP contribution in [0.4, 0.5) is 0 Å². The number of para-hydroxylation sites is 1. The zero-order chi connectivity index (χ0) is 24.1. The van der Waals surface area contributed by atoms with E-state index in [-0.39, 0.29) is 17.4 Å². The molecule has 0 aliphatic carbocycles. The summed E-state index contributed by atoms with van der Waals surface area (Å²) < 4.78 is 3.69. The first kappa shape index (κ1) is 24.7. The van der Waals surface area contributed by atoms with Crippen LogP contribution < -0.4 is 9.99 Å². The van der Waals surface area contributed by atoms with Gasteiger partial charge in [0.1, 0.15) is 11.4 Å². The molecule has 172 valence electrons. The van der Waals surface area contributed by atoms with E-state index < -0.39 is 0 Å². The molecule has 0 saturated heterocycles. The molecule has 0 saturated carbocycles. The number of amides is 1. The largest absolute Gasteiger partial charge is 0.506 e. The smallest absolute Gasteiger partial charge is 0.342 e. The molecule has 1 heterocycles. The van der Waals surface area contributed by atoms with Crippen LogP contribution in [0.3, 0.4) is 0 Å². The topological polar surface area (TPSA) is 94.2 Å². The van der Waals surface area contributed by atoms with Crippen molar-refractivity contribution < 1.29 is 14.5 Å². The fourth-order valence-electron chi connectivity index (χ4n) is 3.14. The molecule has 0 atom stereocenters. The van der Waals surface area contributed by atoms with Crippen molar-refractivity contribution in [3.63, 3.8) is 0 Å². The third kappa shape index (κ3) is 5.96. The Labute approximate surface area is 228 Å². The zero-order valence-corrected chi connectivity index (χ0v) is 23.1. The number of carbonyl (C=O) groups excluding carboxylic acids is 1. The lowest BCUT2D eigenvalue weighted by Crippen LogP contribution is -2.34. The number of phenolic OH excluding ortho intramolecular Hbond substituents is 1. The molecule has 1 aromatic heterocycles. The number of aromatic nitrogens is 3. The van der Waals surface area contributed by atoms with Crippen LogP contribution in [0.5, 0.6) is 5.75 Å². The summed E-state index contributed by atoms with van der Waals surface area (Å²) in [6.07, 6.45) is 1.44. The third-order valence-corrected chi connectivity index (χ3v) is 7.18. The predicted octanol–water partition coefficient (Wildman–Crippen LogP) is 4.82. The van der Waals surface area contributed by atoms with Crippen molar-refractivity contribution in [3.8, 4) is 22.8 Å². The standard InChI is InChI=1S/C24H19I2N5O2S/c1-15-7-9-16(10-8-15)23-29-30-24(31(23)19-5-3-2-4-6-19)34-14-21(32)28-27-13-17-11-18(25)12-20(26)22(17)33/h2-13H,14H2,1H3,(H2,27,28,32,33)/p+1. The van der Waals surface area contributed by atoms with E-state index >= 15 is 0 Å². The number of aryl methyl sites for hydroxylation is 1. The van der Waals surface area contributed by atoms with Crippen molar-refractivity contribution in [2.75, 3.05) is 5.75 Å². The van der Waals surface area contributed by atoms with Crippen LogP contribution in [0.1, 0.15) is 11.1 Å². The van der Waals surface area contributed by atoms with Crippen molar-refractivity contribution in [2.24, 2.45) is 5.10 Å². The summed E-state index contributed by atoms with van der Waals surface area (Å²) in [5, 5.41) is 22.4. The molecule has 0 radical (unpaired) electrons. The number of H-pyrrole nitrogens is 1. The number of aromatic hydroxyl groups is 1. The molecule has 0 bridgehead atoms. The Bertz CT molecular complexity index is 1340. The molecule has 7 nitrogen and oxygen atoms in total. The van der Waals surface area contributed by atoms with Crippen LogP contribution in [0, 0.1) is 14.1 Å². The van der Waals surface area contributed by atoms with Crippen LogP contribution in [0.2, 0.25) is 0 Å². The Kier molecular flexibility index (Phi) is 8.21. The summed E-state index contributed by atoms with van der Waals surface area (Å²) in [7, 11) is 0. The molecule has 0 spiro atoms. The Morgan fingerprint density at radius 3 is 2.65 bits per heavy atom. The average molecular weight is 696 g/mol. The lowest BCUT2D eigenvalue weighted by atomic mass is 10.1. The molecule has 0 aliphatic heterocycles. The lowest BCUT2D eigenvalue weighted by molar-refractivity contribution is -0.625. The van der Waals surface area contributed by atoms with E-state index in [4.69, 9.17) is 0 Å². The second kappa shape index (κ2) is 11.3. The van der Waals surface area contributed by atoms with Gasteiger partial charge in [-0.1, -0.05) is 35.9 Å². The molecule has 0 aliphatic rings. The quantitative estimate of drug-likeness (QED) is 0.0851. The van der Waals surface area contributed by atoms with Gasteiger partial charge in [0.25, 0.3) is 11.7 Å². The highest BCUT2D eigenvalue weighted by molar-refractivity contribution is 14.1. The highest BCUT2D eigenvalue weighted by atomic mass is 127. The second-order valence-corrected chi connectivity index (χ2v) is 10.6. The van der Waals surface area contributed by atoms with E-state index in [1.165, 1.54) is 23.5 Å². The van der Waals surface area contributed by atoms with Gasteiger partial charge < -0.3 is 5.11 Å². The second-order valence-electron chi connectivity index (χ2n) is 7.30. The minimum Gasteiger partial charge on any atom is -0.506 e. The van der Waals surface area contributed by atoms with Crippen LogP contribution in [-0.4, -0.2) is 33.2 Å². The van der Waals surface area contributed by atoms with Crippen LogP contribution in [0.15, 0.2) is 77.0 Å². The van der Waals surface area contributed by atoms with Gasteiger partial charge in [0, 0.05) is 9.13 Å². The van der Waals surface area contributed by atoms with Crippen molar-refractivity contribution in [3.05, 3.63) is 85.0 Å². The molecule has 0 fully saturated rings. The summed E-state index contributed by atoms with van der Waals surface area (Å²) in [6.45, 7) is 2.05. The molecule has 10 heteroatoms. The number of hydrogen-bond acceptors (Lipinski definition) is 5. The van der Waals surface area contributed by atoms with Gasteiger partial charge in [0.2, 0.25) is 0 Å². The summed E-state index contributed by atoms with van der Waals surface area (Å²) in [4.78, 5) is 12.4. The van der Waals surface area contributed by atoms with Crippen molar-refractivity contribution in [1.82, 2.24) is 15.6 Å². The Morgan fingerprint density at radius 1 is 1.18 bits per heavy atom. The molecule has 4 rings (SSSR count). The SMILES string of the molecule is Cc1ccc(-c2[nH]nc(SCC(=O)N/N=C/c3cc(I)cc(I)c3O)[n+]2-c2ccccc2)cc1. The molecule has 3 aromatic carbocycles. The molecule has 0 unspecified atom stereocenters. The summed E-state index contributed by atoms with van der Waals surface area (Å²) >= 11 is 5.53. The van der Waals surface area contributed by atoms with Gasteiger partial charge in [0.05, 0.1) is 26.2 Å². The first-order valence-corrected chi connectivity index (χ1v) is 13.3. The number of carbonyl (C=O) groups is 1. The van der Waals surface area contributed by atoms with Crippen molar-refractivity contribution in [2.45, 2.75) is 12.1 Å². The highest BCUT2D eigenvalue weighted by Gasteiger charge is 2.24. The molecule has 3 N–H and O–H groups in total. The first-order chi connectivity index (χ1) is 16.4. The van der Waals surface area contributed by atoms with E-state index in [1.54, 1.807) is 6.07 Å². The van der Waals surface area contributed by atoms with E-state index in [0.717, 1.165) is 24.2 Å². The van der Waals surface area contributed by atoms with E-state index in [1.807, 2.05) is 60.0 Å². The number of hydrazone groups is 1. The van der Waals surface area contributed by atoms with Crippen molar-refractivity contribution >= 4 is 69.1 Å². The van der Waals surface area contributed by atoms with Crippen LogP contribution >= 0.6 is 56.9 Å². The lowest BCUT2D eigenvalue weighted by Gasteiger charge is -2.05. The van der Waals surface area contributed by atoms with Crippen LogP contribution in [0.25, 0.3) is 17.1 Å². The summed E-state index contributed by atoms with van der Waals surface area (Å²) in [5.74, 6) is 0.812. The van der Waals surface area contributed by atoms with E-state index in [9.17, 15) is 9.90 Å². The summed E-state index contributed by atoms with van der Waals surface area (Å²) in [5.41, 5.74) is 6.17. The summed E-state index contributed by atoms with van der Waals surface area (Å²) in [6, 6.07) is 21.7. The zero-order valence-electron chi connectivity index (χ0n) is 18.0. The monoisotopic (exact) mass is 696 g/mol. The maximum atomic E-state index is 12.4. The molecular formula is C24H20I2N5O2S+. The minimum absolute atomic E-state index is 0.123. The number of halogens is 2. The predicted molar refractivity (Wildman–Crippen MR) is 150 cm³/mol. The fraction of sp³-hybridized carbons (Fsp3) is 0.0833. The number of nitrogens with zero attached hydrogens (tertiary/aromatic N) is 3. The fourth-order valence-corrected chi connectivity index (χ4v) is 5.79. The van der Waals surface area contributed by atoms with Gasteiger partial charge in [-0.05, 0) is 100 Å².